The van der Waals surface area contributed by atoms with E-state index in [2.05, 4.69) is 6.92 Å². The highest BCUT2D eigenvalue weighted by molar-refractivity contribution is 5.77. The van der Waals surface area contributed by atoms with Crippen molar-refractivity contribution in [1.29, 1.82) is 0 Å². The van der Waals surface area contributed by atoms with Gasteiger partial charge in [-0.2, -0.15) is 0 Å². The molecule has 0 fully saturated rings. The molecule has 0 heterocycles. The second-order valence-corrected chi connectivity index (χ2v) is 10.3. The Hall–Kier alpha value is -3.27. The molecule has 1 aromatic carbocycles. The molecule has 0 aromatic heterocycles. The van der Waals surface area contributed by atoms with Gasteiger partial charge in [0, 0.05) is 26.0 Å². The summed E-state index contributed by atoms with van der Waals surface area (Å²) >= 11 is 0. The normalized spacial score (nSPS) is 14.0. The number of ketones is 1. The van der Waals surface area contributed by atoms with E-state index in [0.717, 1.165) is 25.7 Å². The van der Waals surface area contributed by atoms with Crippen molar-refractivity contribution in [3.05, 3.63) is 42.2 Å². The number of hydrogen-bond acceptors (Lipinski definition) is 9. The number of allylic oxidation sites excluding steroid dienone is 1. The van der Waals surface area contributed by atoms with Crippen molar-refractivity contribution in [1.82, 2.24) is 0 Å². The predicted octanol–water partition coefficient (Wildman–Crippen LogP) is 6.06. The Morgan fingerprint density at radius 1 is 0.857 bits per heavy atom. The van der Waals surface area contributed by atoms with Crippen molar-refractivity contribution < 1.29 is 47.3 Å². The van der Waals surface area contributed by atoms with E-state index in [1.807, 2.05) is 19.1 Å². The minimum Gasteiger partial charge on any atom is -0.491 e. The summed E-state index contributed by atoms with van der Waals surface area (Å²) in [5, 5.41) is 0. The number of methoxy groups -OCH3 is 1. The van der Waals surface area contributed by atoms with Gasteiger partial charge in [-0.05, 0) is 38.8 Å². The monoisotopic (exact) mass is 594 g/mol. The van der Waals surface area contributed by atoms with Gasteiger partial charge >= 0.3 is 17.9 Å². The van der Waals surface area contributed by atoms with Crippen LogP contribution in [-0.4, -0.2) is 61.8 Å². The molecule has 0 N–H and O–H groups in total. The minimum absolute atomic E-state index is 0.00296. The first-order valence-electron chi connectivity index (χ1n) is 14.7. The Kier molecular flexibility index (Phi) is 18.8. The Balaban J connectivity index is 2.58. The summed E-state index contributed by atoms with van der Waals surface area (Å²) in [5.74, 6) is -1.95. The summed E-state index contributed by atoms with van der Waals surface area (Å²) in [6.45, 7) is 7.07. The largest absolute Gasteiger partial charge is 0.491 e. The zero-order chi connectivity index (χ0) is 31.3. The average molecular weight is 595 g/mol. The number of halogens is 1. The Labute approximate surface area is 249 Å². The summed E-state index contributed by atoms with van der Waals surface area (Å²) in [6.07, 6.45) is 5.27. The summed E-state index contributed by atoms with van der Waals surface area (Å²) in [7, 11) is 1.42. The molecule has 1 rings (SSSR count). The van der Waals surface area contributed by atoms with Gasteiger partial charge in [0.2, 0.25) is 0 Å². The molecule has 4 atom stereocenters. The first-order valence-corrected chi connectivity index (χ1v) is 14.7. The summed E-state index contributed by atoms with van der Waals surface area (Å²) in [5.41, 5.74) is 0. The number of benzene rings is 1. The molecule has 0 saturated heterocycles. The highest BCUT2D eigenvalue weighted by Crippen LogP contribution is 2.17. The van der Waals surface area contributed by atoms with Crippen LogP contribution < -0.4 is 4.74 Å². The van der Waals surface area contributed by atoms with Gasteiger partial charge in [-0.15, -0.1) is 0 Å². The van der Waals surface area contributed by atoms with E-state index in [1.54, 1.807) is 13.0 Å². The number of carbonyl (C=O) groups is 4. The lowest BCUT2D eigenvalue weighted by Crippen LogP contribution is -2.29. The molecule has 0 spiro atoms. The van der Waals surface area contributed by atoms with Gasteiger partial charge in [0.25, 0.3) is 0 Å². The molecule has 1 aromatic rings. The maximum absolute atomic E-state index is 13.3. The quantitative estimate of drug-likeness (QED) is 0.0897. The summed E-state index contributed by atoms with van der Waals surface area (Å²) in [4.78, 5) is 49.4. The van der Waals surface area contributed by atoms with Gasteiger partial charge < -0.3 is 23.7 Å². The maximum Gasteiger partial charge on any atom is 0.309 e. The molecule has 9 nitrogen and oxygen atoms in total. The maximum atomic E-state index is 13.3. The van der Waals surface area contributed by atoms with E-state index in [0.29, 0.717) is 18.6 Å². The number of esters is 3. The molecule has 0 aliphatic heterocycles. The van der Waals surface area contributed by atoms with E-state index in [9.17, 15) is 23.6 Å². The lowest BCUT2D eigenvalue weighted by atomic mass is 10.1. The molecule has 0 bridgehead atoms. The van der Waals surface area contributed by atoms with Crippen LogP contribution in [-0.2, 0) is 38.1 Å². The third-order valence-corrected chi connectivity index (χ3v) is 6.15. The molecule has 4 unspecified atom stereocenters. The SMILES string of the molecule is CCCC=CCC(CC(C)=O)OC(=O)CC(CCCC)OC(=O)CC(C)OC(=O)CC(COc1cccc(F)c1)OC. The number of carbonyl (C=O) groups excluding carboxylic acids is 4. The highest BCUT2D eigenvalue weighted by Gasteiger charge is 2.24. The summed E-state index contributed by atoms with van der Waals surface area (Å²) in [6, 6.07) is 5.62. The van der Waals surface area contributed by atoms with Crippen LogP contribution >= 0.6 is 0 Å². The third-order valence-electron chi connectivity index (χ3n) is 6.15. The van der Waals surface area contributed by atoms with Crippen molar-refractivity contribution in [3.8, 4) is 5.75 Å². The van der Waals surface area contributed by atoms with Gasteiger partial charge in [0.15, 0.2) is 0 Å². The van der Waals surface area contributed by atoms with E-state index in [4.69, 9.17) is 23.7 Å². The lowest BCUT2D eigenvalue weighted by Gasteiger charge is -2.21. The molecule has 0 saturated carbocycles. The topological polar surface area (TPSA) is 114 Å². The number of Topliss-reactive ketones (excluding diaryl/α,β-unsaturated/α-hetero) is 1. The van der Waals surface area contributed by atoms with Gasteiger partial charge in [0.05, 0.1) is 19.3 Å². The first-order chi connectivity index (χ1) is 20.1. The fourth-order valence-electron chi connectivity index (χ4n) is 4.01. The minimum atomic E-state index is -0.778. The number of rotatable bonds is 22. The van der Waals surface area contributed by atoms with Gasteiger partial charge in [0.1, 0.15) is 48.4 Å². The van der Waals surface area contributed by atoms with Crippen LogP contribution in [0.5, 0.6) is 5.75 Å². The van der Waals surface area contributed by atoms with E-state index >= 15 is 0 Å². The summed E-state index contributed by atoms with van der Waals surface area (Å²) < 4.78 is 40.5. The zero-order valence-electron chi connectivity index (χ0n) is 25.6. The highest BCUT2D eigenvalue weighted by atomic mass is 19.1. The van der Waals surface area contributed by atoms with Crippen LogP contribution in [0.25, 0.3) is 0 Å². The van der Waals surface area contributed by atoms with Crippen LogP contribution in [0, 0.1) is 5.82 Å². The Morgan fingerprint density at radius 2 is 1.52 bits per heavy atom. The first kappa shape index (κ1) is 36.8. The van der Waals surface area contributed by atoms with Crippen LogP contribution in [0.2, 0.25) is 0 Å². The second-order valence-electron chi connectivity index (χ2n) is 10.3. The van der Waals surface area contributed by atoms with Crippen molar-refractivity contribution >= 4 is 23.7 Å². The number of hydrogen-bond donors (Lipinski definition) is 0. The number of ether oxygens (including phenoxy) is 5. The molecule has 0 aliphatic carbocycles. The van der Waals surface area contributed by atoms with Crippen molar-refractivity contribution in [2.75, 3.05) is 13.7 Å². The van der Waals surface area contributed by atoms with Crippen LogP contribution in [0.1, 0.15) is 91.9 Å². The molecule has 0 radical (unpaired) electrons. The van der Waals surface area contributed by atoms with E-state index < -0.39 is 48.1 Å². The molecular weight excluding hydrogens is 547 g/mol. The number of unbranched alkanes of at least 4 members (excludes halogenated alkanes) is 2. The van der Waals surface area contributed by atoms with E-state index in [1.165, 1.54) is 32.2 Å². The van der Waals surface area contributed by atoms with Crippen LogP contribution in [0.15, 0.2) is 36.4 Å². The lowest BCUT2D eigenvalue weighted by molar-refractivity contribution is -0.161. The van der Waals surface area contributed by atoms with Gasteiger partial charge in [-0.3, -0.25) is 19.2 Å². The third kappa shape index (κ3) is 17.5. The molecular formula is C32H47FO9. The van der Waals surface area contributed by atoms with Crippen LogP contribution in [0.4, 0.5) is 4.39 Å². The van der Waals surface area contributed by atoms with Crippen molar-refractivity contribution in [3.63, 3.8) is 0 Å². The van der Waals surface area contributed by atoms with Crippen molar-refractivity contribution in [2.24, 2.45) is 0 Å². The molecule has 42 heavy (non-hydrogen) atoms. The molecule has 0 aliphatic rings. The zero-order valence-corrected chi connectivity index (χ0v) is 25.6. The van der Waals surface area contributed by atoms with Crippen LogP contribution in [0.3, 0.4) is 0 Å². The second kappa shape index (κ2) is 21.4. The molecule has 236 valence electrons. The average Bonchev–Trinajstić information content (AvgIpc) is 2.91. The molecule has 10 heteroatoms. The Morgan fingerprint density at radius 3 is 2.17 bits per heavy atom. The fraction of sp³-hybridized carbons (Fsp3) is 0.625. The van der Waals surface area contributed by atoms with Crippen molar-refractivity contribution in [2.45, 2.75) is 116 Å². The van der Waals surface area contributed by atoms with E-state index in [-0.39, 0.29) is 38.1 Å². The molecule has 0 amide bonds. The smallest absolute Gasteiger partial charge is 0.309 e. The predicted molar refractivity (Wildman–Crippen MR) is 155 cm³/mol. The Bertz CT molecular complexity index is 994. The van der Waals surface area contributed by atoms with Gasteiger partial charge in [-0.1, -0.05) is 51.3 Å². The standard InChI is InChI=1S/C32H47FO9/c1-6-8-10-11-15-27(17-23(3)34)41-32(37)20-28(14-9-7-2)42-30(35)18-24(4)40-31(36)21-29(38-5)22-39-26-16-12-13-25(33)19-26/h10-13,16,19,24,27-29H,6-9,14-15,17-18,20-22H2,1-5H3. The fourth-order valence-corrected chi connectivity index (χ4v) is 4.01. The van der Waals surface area contributed by atoms with Gasteiger partial charge in [-0.25, -0.2) is 4.39 Å².